The molecule has 100 valence electrons. The third kappa shape index (κ3) is 3.15. The predicted molar refractivity (Wildman–Crippen MR) is 69.4 cm³/mol. The maximum absolute atomic E-state index is 13.5. The summed E-state index contributed by atoms with van der Waals surface area (Å²) in [6, 6.07) is 8.22. The molecule has 2 rings (SSSR count). The van der Waals surface area contributed by atoms with Gasteiger partial charge in [-0.25, -0.2) is 17.5 Å². The number of aromatic nitrogens is 1. The Morgan fingerprint density at radius 1 is 1.16 bits per heavy atom. The summed E-state index contributed by atoms with van der Waals surface area (Å²) in [5, 5.41) is 0. The van der Waals surface area contributed by atoms with Crippen molar-refractivity contribution in [1.82, 2.24) is 9.71 Å². The van der Waals surface area contributed by atoms with Crippen LogP contribution in [0.4, 0.5) is 4.39 Å². The first-order chi connectivity index (χ1) is 9.00. The quantitative estimate of drug-likeness (QED) is 0.934. The van der Waals surface area contributed by atoms with Crippen molar-refractivity contribution in [2.45, 2.75) is 17.9 Å². The number of pyridine rings is 1. The molecule has 0 aliphatic rings. The molecule has 0 unspecified atom stereocenters. The van der Waals surface area contributed by atoms with E-state index in [1.165, 1.54) is 18.2 Å². The average Bonchev–Trinajstić information content (AvgIpc) is 2.39. The van der Waals surface area contributed by atoms with Crippen molar-refractivity contribution >= 4 is 10.0 Å². The van der Waals surface area contributed by atoms with Crippen LogP contribution in [0.1, 0.15) is 18.5 Å². The summed E-state index contributed by atoms with van der Waals surface area (Å²) < 4.78 is 40.1. The van der Waals surface area contributed by atoms with Gasteiger partial charge in [0.2, 0.25) is 10.0 Å². The largest absolute Gasteiger partial charge is 0.265 e. The van der Waals surface area contributed by atoms with Crippen molar-refractivity contribution in [3.8, 4) is 0 Å². The molecule has 0 aliphatic carbocycles. The predicted octanol–water partition coefficient (Wildman–Crippen LogP) is 2.26. The summed E-state index contributed by atoms with van der Waals surface area (Å²) in [5.41, 5.74) is 0.759. The van der Waals surface area contributed by atoms with E-state index in [2.05, 4.69) is 9.71 Å². The van der Waals surface area contributed by atoms with Gasteiger partial charge in [0, 0.05) is 18.4 Å². The number of hydrogen-bond donors (Lipinski definition) is 1. The summed E-state index contributed by atoms with van der Waals surface area (Å²) in [6.07, 6.45) is 3.15. The molecule has 1 atom stereocenters. The van der Waals surface area contributed by atoms with Crippen LogP contribution < -0.4 is 4.72 Å². The number of nitrogens with zero attached hydrogens (tertiary/aromatic N) is 1. The Bertz CT molecular complexity index is 659. The van der Waals surface area contributed by atoms with Gasteiger partial charge < -0.3 is 0 Å². The number of sulfonamides is 1. The summed E-state index contributed by atoms with van der Waals surface area (Å²) in [7, 11) is -3.88. The molecule has 1 aromatic carbocycles. The van der Waals surface area contributed by atoms with Crippen LogP contribution >= 0.6 is 0 Å². The number of hydrogen-bond acceptors (Lipinski definition) is 3. The highest BCUT2D eigenvalue weighted by Gasteiger charge is 2.21. The molecule has 0 bridgehead atoms. The van der Waals surface area contributed by atoms with E-state index in [0.29, 0.717) is 0 Å². The van der Waals surface area contributed by atoms with Crippen molar-refractivity contribution in [2.75, 3.05) is 0 Å². The summed E-state index contributed by atoms with van der Waals surface area (Å²) >= 11 is 0. The van der Waals surface area contributed by atoms with Gasteiger partial charge in [-0.15, -0.1) is 0 Å². The van der Waals surface area contributed by atoms with Crippen molar-refractivity contribution in [2.24, 2.45) is 0 Å². The third-order valence-corrected chi connectivity index (χ3v) is 4.24. The summed E-state index contributed by atoms with van der Waals surface area (Å²) in [5.74, 6) is -0.767. The molecular formula is C13H13FN2O2S. The molecule has 0 amide bonds. The molecule has 0 radical (unpaired) electrons. The molecular weight excluding hydrogens is 267 g/mol. The lowest BCUT2D eigenvalue weighted by Crippen LogP contribution is -2.27. The Labute approximate surface area is 111 Å². The first-order valence-corrected chi connectivity index (χ1v) is 7.16. The Balaban J connectivity index is 2.26. The van der Waals surface area contributed by atoms with Crippen LogP contribution in [-0.2, 0) is 10.0 Å². The van der Waals surface area contributed by atoms with Crippen molar-refractivity contribution in [1.29, 1.82) is 0 Å². The van der Waals surface area contributed by atoms with E-state index in [0.717, 1.165) is 11.6 Å². The third-order valence-electron chi connectivity index (χ3n) is 2.66. The molecule has 0 saturated carbocycles. The van der Waals surface area contributed by atoms with E-state index in [1.807, 2.05) is 0 Å². The first kappa shape index (κ1) is 13.6. The minimum Gasteiger partial charge on any atom is -0.265 e. The topological polar surface area (TPSA) is 59.1 Å². The van der Waals surface area contributed by atoms with Crippen LogP contribution in [0.2, 0.25) is 0 Å². The molecule has 1 aromatic heterocycles. The molecule has 4 nitrogen and oxygen atoms in total. The molecule has 1 heterocycles. The van der Waals surface area contributed by atoms with Gasteiger partial charge in [0.25, 0.3) is 0 Å². The zero-order valence-corrected chi connectivity index (χ0v) is 11.1. The normalized spacial score (nSPS) is 13.2. The lowest BCUT2D eigenvalue weighted by atomic mass is 10.1. The van der Waals surface area contributed by atoms with Crippen LogP contribution in [0.15, 0.2) is 53.7 Å². The standard InChI is InChI=1S/C13H13FN2O2S/c1-10(11-6-8-15-9-7-11)16-19(17,18)13-5-3-2-4-12(13)14/h2-10,16H,1H3/t10-/m0/s1. The number of nitrogens with one attached hydrogen (secondary N) is 1. The molecule has 0 spiro atoms. The maximum atomic E-state index is 13.5. The molecule has 1 N–H and O–H groups in total. The van der Waals surface area contributed by atoms with Gasteiger partial charge >= 0.3 is 0 Å². The number of benzene rings is 1. The summed E-state index contributed by atoms with van der Waals surface area (Å²) in [4.78, 5) is 3.51. The van der Waals surface area contributed by atoms with Gasteiger partial charge in [-0.05, 0) is 36.8 Å². The Hall–Kier alpha value is -1.79. The smallest absolute Gasteiger partial charge is 0.244 e. The van der Waals surface area contributed by atoms with Gasteiger partial charge in [0.1, 0.15) is 10.7 Å². The Morgan fingerprint density at radius 2 is 1.79 bits per heavy atom. The second-order valence-electron chi connectivity index (χ2n) is 4.05. The van der Waals surface area contributed by atoms with Crippen LogP contribution in [0.5, 0.6) is 0 Å². The van der Waals surface area contributed by atoms with Crippen molar-refractivity contribution < 1.29 is 12.8 Å². The van der Waals surface area contributed by atoms with Crippen LogP contribution in [0.3, 0.4) is 0 Å². The van der Waals surface area contributed by atoms with Crippen molar-refractivity contribution in [3.63, 3.8) is 0 Å². The molecule has 0 saturated heterocycles. The van der Waals surface area contributed by atoms with E-state index >= 15 is 0 Å². The average molecular weight is 280 g/mol. The minimum absolute atomic E-state index is 0.351. The second kappa shape index (κ2) is 5.46. The summed E-state index contributed by atoms with van der Waals surface area (Å²) in [6.45, 7) is 1.69. The number of halogens is 1. The van der Waals surface area contributed by atoms with Crippen LogP contribution in [0, 0.1) is 5.82 Å². The van der Waals surface area contributed by atoms with E-state index in [9.17, 15) is 12.8 Å². The fourth-order valence-electron chi connectivity index (χ4n) is 1.68. The number of rotatable bonds is 4. The highest BCUT2D eigenvalue weighted by molar-refractivity contribution is 7.89. The van der Waals surface area contributed by atoms with Crippen molar-refractivity contribution in [3.05, 3.63) is 60.2 Å². The van der Waals surface area contributed by atoms with Gasteiger partial charge in [0.15, 0.2) is 0 Å². The lowest BCUT2D eigenvalue weighted by molar-refractivity contribution is 0.547. The van der Waals surface area contributed by atoms with Crippen LogP contribution in [0.25, 0.3) is 0 Å². The highest BCUT2D eigenvalue weighted by Crippen LogP contribution is 2.18. The van der Waals surface area contributed by atoms with Gasteiger partial charge in [-0.3, -0.25) is 4.98 Å². The zero-order chi connectivity index (χ0) is 13.9. The van der Waals surface area contributed by atoms with E-state index in [-0.39, 0.29) is 4.90 Å². The van der Waals surface area contributed by atoms with Gasteiger partial charge in [0.05, 0.1) is 0 Å². The fraction of sp³-hybridized carbons (Fsp3) is 0.154. The monoisotopic (exact) mass is 280 g/mol. The Morgan fingerprint density at radius 3 is 2.42 bits per heavy atom. The minimum atomic E-state index is -3.88. The SMILES string of the molecule is C[C@H](NS(=O)(=O)c1ccccc1F)c1ccncc1. The maximum Gasteiger partial charge on any atom is 0.244 e. The van der Waals surface area contributed by atoms with E-state index in [4.69, 9.17) is 0 Å². The second-order valence-corrected chi connectivity index (χ2v) is 5.74. The molecule has 6 heteroatoms. The fourth-order valence-corrected chi connectivity index (χ4v) is 2.99. The van der Waals surface area contributed by atoms with E-state index in [1.54, 1.807) is 31.5 Å². The highest BCUT2D eigenvalue weighted by atomic mass is 32.2. The van der Waals surface area contributed by atoms with Gasteiger partial charge in [-0.2, -0.15) is 0 Å². The lowest BCUT2D eigenvalue weighted by Gasteiger charge is -2.14. The molecule has 2 aromatic rings. The molecule has 0 fully saturated rings. The molecule has 19 heavy (non-hydrogen) atoms. The Kier molecular flexibility index (Phi) is 3.92. The zero-order valence-electron chi connectivity index (χ0n) is 10.2. The first-order valence-electron chi connectivity index (χ1n) is 5.67. The van der Waals surface area contributed by atoms with Crippen LogP contribution in [-0.4, -0.2) is 13.4 Å². The van der Waals surface area contributed by atoms with Gasteiger partial charge in [-0.1, -0.05) is 12.1 Å². The molecule has 0 aliphatic heterocycles. The van der Waals surface area contributed by atoms with E-state index < -0.39 is 21.9 Å².